The molecular formula is C14H25N3O. The lowest BCUT2D eigenvalue weighted by Gasteiger charge is -2.43. The first kappa shape index (κ1) is 12.4. The lowest BCUT2D eigenvalue weighted by atomic mass is 9.81. The molecule has 3 saturated heterocycles. The number of carbonyl (C=O) groups excluding carboxylic acids is 1. The van der Waals surface area contributed by atoms with Crippen molar-refractivity contribution >= 4 is 5.91 Å². The molecule has 0 radical (unpaired) electrons. The Morgan fingerprint density at radius 3 is 2.94 bits per heavy atom. The standard InChI is InChI=1S/C14H25N3O/c1-14(5-3-6-15-11-14)13(18)17-9-8-16-7-2-4-12(16)10-17/h12,15H,2-11H2,1H3. The number of fused-ring (bicyclic) bond motifs is 1. The summed E-state index contributed by atoms with van der Waals surface area (Å²) < 4.78 is 0. The summed E-state index contributed by atoms with van der Waals surface area (Å²) in [6.45, 7) is 8.29. The lowest BCUT2D eigenvalue weighted by Crippen LogP contribution is -2.57. The van der Waals surface area contributed by atoms with E-state index in [0.29, 0.717) is 11.9 Å². The molecule has 3 aliphatic rings. The Bertz CT molecular complexity index is 325. The number of hydrogen-bond acceptors (Lipinski definition) is 3. The fourth-order valence-electron chi connectivity index (χ4n) is 3.80. The van der Waals surface area contributed by atoms with Crippen LogP contribution in [0.15, 0.2) is 0 Å². The van der Waals surface area contributed by atoms with Crippen molar-refractivity contribution in [2.45, 2.75) is 38.6 Å². The van der Waals surface area contributed by atoms with Gasteiger partial charge in [-0.25, -0.2) is 0 Å². The highest BCUT2D eigenvalue weighted by Crippen LogP contribution is 2.30. The number of carbonyl (C=O) groups is 1. The van der Waals surface area contributed by atoms with E-state index in [1.54, 1.807) is 0 Å². The molecule has 3 fully saturated rings. The monoisotopic (exact) mass is 251 g/mol. The number of hydrogen-bond donors (Lipinski definition) is 1. The second-order valence-corrected chi connectivity index (χ2v) is 6.42. The number of piperidine rings is 1. The first-order valence-corrected chi connectivity index (χ1v) is 7.43. The average Bonchev–Trinajstić information content (AvgIpc) is 2.86. The zero-order valence-electron chi connectivity index (χ0n) is 11.5. The molecule has 1 N–H and O–H groups in total. The van der Waals surface area contributed by atoms with Crippen LogP contribution in [0.25, 0.3) is 0 Å². The van der Waals surface area contributed by atoms with Crippen LogP contribution in [0, 0.1) is 5.41 Å². The minimum atomic E-state index is -0.154. The lowest BCUT2D eigenvalue weighted by molar-refractivity contribution is -0.144. The Labute approximate surface area is 110 Å². The van der Waals surface area contributed by atoms with E-state index >= 15 is 0 Å². The van der Waals surface area contributed by atoms with E-state index in [4.69, 9.17) is 0 Å². The third-order valence-corrected chi connectivity index (χ3v) is 4.99. The maximum atomic E-state index is 12.7. The Hall–Kier alpha value is -0.610. The van der Waals surface area contributed by atoms with Crippen LogP contribution in [0.5, 0.6) is 0 Å². The first-order valence-electron chi connectivity index (χ1n) is 7.43. The van der Waals surface area contributed by atoms with Crippen LogP contribution in [0.3, 0.4) is 0 Å². The van der Waals surface area contributed by atoms with E-state index in [0.717, 1.165) is 45.6 Å². The van der Waals surface area contributed by atoms with Crippen molar-refractivity contribution in [1.82, 2.24) is 15.1 Å². The SMILES string of the molecule is CC1(C(=O)N2CCN3CCCC3C2)CCCNC1. The topological polar surface area (TPSA) is 35.6 Å². The van der Waals surface area contributed by atoms with Gasteiger partial charge in [0.2, 0.25) is 5.91 Å². The van der Waals surface area contributed by atoms with Crippen LogP contribution >= 0.6 is 0 Å². The summed E-state index contributed by atoms with van der Waals surface area (Å²) in [5, 5.41) is 3.38. The van der Waals surface area contributed by atoms with Crippen LogP contribution in [0.2, 0.25) is 0 Å². The van der Waals surface area contributed by atoms with Gasteiger partial charge in [0.15, 0.2) is 0 Å². The van der Waals surface area contributed by atoms with Crippen molar-refractivity contribution in [3.05, 3.63) is 0 Å². The molecule has 2 unspecified atom stereocenters. The normalized spacial score (nSPS) is 37.6. The summed E-state index contributed by atoms with van der Waals surface area (Å²) in [5.41, 5.74) is -0.154. The zero-order chi connectivity index (χ0) is 12.6. The minimum absolute atomic E-state index is 0.154. The number of nitrogens with one attached hydrogen (secondary N) is 1. The van der Waals surface area contributed by atoms with Gasteiger partial charge in [-0.15, -0.1) is 0 Å². The fraction of sp³-hybridized carbons (Fsp3) is 0.929. The number of rotatable bonds is 1. The molecule has 18 heavy (non-hydrogen) atoms. The Morgan fingerprint density at radius 2 is 2.17 bits per heavy atom. The van der Waals surface area contributed by atoms with E-state index in [-0.39, 0.29) is 5.41 Å². The smallest absolute Gasteiger partial charge is 0.229 e. The number of nitrogens with zero attached hydrogens (tertiary/aromatic N) is 2. The first-order chi connectivity index (χ1) is 8.69. The van der Waals surface area contributed by atoms with E-state index in [9.17, 15) is 4.79 Å². The predicted molar refractivity (Wildman–Crippen MR) is 71.4 cm³/mol. The van der Waals surface area contributed by atoms with Gasteiger partial charge in [-0.1, -0.05) is 0 Å². The van der Waals surface area contributed by atoms with Crippen molar-refractivity contribution < 1.29 is 4.79 Å². The van der Waals surface area contributed by atoms with Crippen LogP contribution in [-0.2, 0) is 4.79 Å². The van der Waals surface area contributed by atoms with E-state index in [1.165, 1.54) is 19.4 Å². The molecule has 2 atom stereocenters. The van der Waals surface area contributed by atoms with Gasteiger partial charge in [0.1, 0.15) is 0 Å². The van der Waals surface area contributed by atoms with Gasteiger partial charge in [0, 0.05) is 32.2 Å². The van der Waals surface area contributed by atoms with Crippen LogP contribution in [-0.4, -0.2) is 61.0 Å². The molecule has 0 saturated carbocycles. The van der Waals surface area contributed by atoms with Gasteiger partial charge in [-0.2, -0.15) is 0 Å². The van der Waals surface area contributed by atoms with E-state index < -0.39 is 0 Å². The molecule has 3 rings (SSSR count). The van der Waals surface area contributed by atoms with Gasteiger partial charge in [0.25, 0.3) is 0 Å². The molecule has 3 heterocycles. The molecule has 0 bridgehead atoms. The van der Waals surface area contributed by atoms with Crippen molar-refractivity contribution in [2.24, 2.45) is 5.41 Å². The molecule has 0 spiro atoms. The molecule has 4 heteroatoms. The second-order valence-electron chi connectivity index (χ2n) is 6.42. The fourth-order valence-corrected chi connectivity index (χ4v) is 3.80. The summed E-state index contributed by atoms with van der Waals surface area (Å²) in [6, 6.07) is 0.642. The van der Waals surface area contributed by atoms with Gasteiger partial charge in [-0.05, 0) is 45.7 Å². The maximum absolute atomic E-state index is 12.7. The molecular weight excluding hydrogens is 226 g/mol. The zero-order valence-corrected chi connectivity index (χ0v) is 11.5. The quantitative estimate of drug-likeness (QED) is 0.744. The summed E-state index contributed by atoms with van der Waals surface area (Å²) in [7, 11) is 0. The molecule has 1 amide bonds. The highest BCUT2D eigenvalue weighted by Gasteiger charge is 2.41. The maximum Gasteiger partial charge on any atom is 0.229 e. The van der Waals surface area contributed by atoms with Gasteiger partial charge in [-0.3, -0.25) is 9.69 Å². The molecule has 0 aromatic rings. The molecule has 102 valence electrons. The third-order valence-electron chi connectivity index (χ3n) is 4.99. The molecule has 0 aromatic carbocycles. The highest BCUT2D eigenvalue weighted by molar-refractivity contribution is 5.83. The summed E-state index contributed by atoms with van der Waals surface area (Å²) >= 11 is 0. The summed E-state index contributed by atoms with van der Waals surface area (Å²) in [6.07, 6.45) is 4.76. The van der Waals surface area contributed by atoms with Crippen LogP contribution < -0.4 is 5.32 Å². The van der Waals surface area contributed by atoms with Crippen molar-refractivity contribution in [3.8, 4) is 0 Å². The van der Waals surface area contributed by atoms with Crippen molar-refractivity contribution in [1.29, 1.82) is 0 Å². The predicted octanol–water partition coefficient (Wildman–Crippen LogP) is 0.683. The van der Waals surface area contributed by atoms with Gasteiger partial charge in [0.05, 0.1) is 5.41 Å². The molecule has 0 aliphatic carbocycles. The van der Waals surface area contributed by atoms with E-state index in [2.05, 4.69) is 22.0 Å². The Kier molecular flexibility index (Phi) is 3.32. The number of piperazine rings is 1. The summed E-state index contributed by atoms with van der Waals surface area (Å²) in [4.78, 5) is 17.4. The molecule has 4 nitrogen and oxygen atoms in total. The second kappa shape index (κ2) is 4.82. The average molecular weight is 251 g/mol. The molecule has 3 aliphatic heterocycles. The van der Waals surface area contributed by atoms with E-state index in [1.807, 2.05) is 0 Å². The van der Waals surface area contributed by atoms with Crippen molar-refractivity contribution in [2.75, 3.05) is 39.3 Å². The van der Waals surface area contributed by atoms with Gasteiger partial charge >= 0.3 is 0 Å². The number of amides is 1. The van der Waals surface area contributed by atoms with Crippen LogP contribution in [0.1, 0.15) is 32.6 Å². The Morgan fingerprint density at radius 1 is 1.28 bits per heavy atom. The molecule has 0 aromatic heterocycles. The van der Waals surface area contributed by atoms with Gasteiger partial charge < -0.3 is 10.2 Å². The summed E-state index contributed by atoms with van der Waals surface area (Å²) in [5.74, 6) is 0.390. The van der Waals surface area contributed by atoms with Crippen LogP contribution in [0.4, 0.5) is 0 Å². The highest BCUT2D eigenvalue weighted by atomic mass is 16.2. The van der Waals surface area contributed by atoms with Crippen molar-refractivity contribution in [3.63, 3.8) is 0 Å². The Balaban J connectivity index is 1.65. The largest absolute Gasteiger partial charge is 0.339 e. The third kappa shape index (κ3) is 2.16. The minimum Gasteiger partial charge on any atom is -0.339 e.